The minimum Gasteiger partial charge on any atom is -0.338 e. The van der Waals surface area contributed by atoms with Crippen molar-refractivity contribution >= 4 is 32.6 Å². The first-order valence-electron chi connectivity index (χ1n) is 8.08. The lowest BCUT2D eigenvalue weighted by molar-refractivity contribution is -0.856. The fourth-order valence-corrected chi connectivity index (χ4v) is 3.55. The lowest BCUT2D eigenvalue weighted by Crippen LogP contribution is -3.06. The lowest BCUT2D eigenvalue weighted by Gasteiger charge is -2.21. The summed E-state index contributed by atoms with van der Waals surface area (Å²) in [7, 11) is 3.69. The highest BCUT2D eigenvalue weighted by molar-refractivity contribution is 7.22. The van der Waals surface area contributed by atoms with E-state index in [2.05, 4.69) is 4.98 Å². The Bertz CT molecular complexity index is 985. The van der Waals surface area contributed by atoms with Crippen molar-refractivity contribution in [3.05, 3.63) is 59.2 Å². The molecule has 0 saturated carbocycles. The van der Waals surface area contributed by atoms with Crippen LogP contribution in [0.1, 0.15) is 10.4 Å². The van der Waals surface area contributed by atoms with Crippen molar-refractivity contribution in [2.24, 2.45) is 0 Å². The van der Waals surface area contributed by atoms with Gasteiger partial charge in [0.2, 0.25) is 0 Å². The Hall–Kier alpha value is -2.52. The van der Waals surface area contributed by atoms with Gasteiger partial charge in [-0.2, -0.15) is 0 Å². The maximum atomic E-state index is 14.1. The number of amides is 1. The largest absolute Gasteiger partial charge is 0.338 e. The predicted octanol–water partition coefficient (Wildman–Crippen LogP) is 2.64. The van der Waals surface area contributed by atoms with E-state index in [4.69, 9.17) is 0 Å². The summed E-state index contributed by atoms with van der Waals surface area (Å²) in [6.07, 6.45) is 0. The summed E-state index contributed by atoms with van der Waals surface area (Å²) < 4.78 is 55.8. The standard InChI is InChI=1S/C18H15F4N3OS/c1-24(2)6-7-25(17(26)15-11(20)4-3-5-12(15)21)18-23-16-13(22)8-10(19)9-14(16)27-18/h3-5,8-9H,6-7H2,1-2H3/p+1. The van der Waals surface area contributed by atoms with Crippen LogP contribution in [0.3, 0.4) is 0 Å². The molecule has 0 radical (unpaired) electrons. The molecule has 3 rings (SSSR count). The molecule has 0 aliphatic rings. The molecule has 2 aromatic carbocycles. The third-order valence-corrected chi connectivity index (χ3v) is 4.92. The van der Waals surface area contributed by atoms with Crippen LogP contribution < -0.4 is 9.80 Å². The van der Waals surface area contributed by atoms with Gasteiger partial charge in [0.25, 0.3) is 5.91 Å². The fraction of sp³-hybridized carbons (Fsp3) is 0.222. The van der Waals surface area contributed by atoms with Gasteiger partial charge in [0.1, 0.15) is 28.5 Å². The van der Waals surface area contributed by atoms with Gasteiger partial charge in [0, 0.05) is 6.07 Å². The molecule has 142 valence electrons. The molecule has 1 amide bonds. The smallest absolute Gasteiger partial charge is 0.266 e. The van der Waals surface area contributed by atoms with Crippen LogP contribution in [0.5, 0.6) is 0 Å². The Labute approximate surface area is 156 Å². The average molecular weight is 398 g/mol. The number of fused-ring (bicyclic) bond motifs is 1. The first-order valence-corrected chi connectivity index (χ1v) is 8.90. The number of carbonyl (C=O) groups excluding carboxylic acids is 1. The van der Waals surface area contributed by atoms with Crippen molar-refractivity contribution in [1.29, 1.82) is 0 Å². The molecule has 0 bridgehead atoms. The number of likely N-dealkylation sites (N-methyl/N-ethyl adjacent to an activating group) is 1. The molecule has 0 aliphatic heterocycles. The van der Waals surface area contributed by atoms with Crippen LogP contribution in [-0.4, -0.2) is 38.1 Å². The highest BCUT2D eigenvalue weighted by Crippen LogP contribution is 2.32. The first kappa shape index (κ1) is 19.2. The van der Waals surface area contributed by atoms with Crippen molar-refractivity contribution in [3.8, 4) is 0 Å². The minimum atomic E-state index is -1.000. The number of thiazole rings is 1. The molecular weight excluding hydrogens is 382 g/mol. The Morgan fingerprint density at radius 1 is 1.11 bits per heavy atom. The third-order valence-electron chi connectivity index (χ3n) is 3.89. The summed E-state index contributed by atoms with van der Waals surface area (Å²) in [5.74, 6) is -4.56. The summed E-state index contributed by atoms with van der Waals surface area (Å²) in [6.45, 7) is 0.549. The molecule has 0 atom stereocenters. The summed E-state index contributed by atoms with van der Waals surface area (Å²) >= 11 is 0.880. The minimum absolute atomic E-state index is 0.0448. The zero-order chi connectivity index (χ0) is 19.7. The molecule has 1 heterocycles. The number of carbonyl (C=O) groups is 1. The SMILES string of the molecule is C[NH+](C)CCN(C(=O)c1c(F)cccc1F)c1nc2c(F)cc(F)cc2s1. The van der Waals surface area contributed by atoms with Crippen LogP contribution in [0.2, 0.25) is 0 Å². The summed E-state index contributed by atoms with van der Waals surface area (Å²) in [4.78, 5) is 19.0. The molecule has 1 N–H and O–H groups in total. The second-order valence-electron chi connectivity index (χ2n) is 6.24. The zero-order valence-electron chi connectivity index (χ0n) is 14.5. The van der Waals surface area contributed by atoms with E-state index >= 15 is 0 Å². The van der Waals surface area contributed by atoms with Gasteiger partial charge in [-0.25, -0.2) is 22.5 Å². The van der Waals surface area contributed by atoms with Crippen molar-refractivity contribution in [1.82, 2.24) is 4.98 Å². The van der Waals surface area contributed by atoms with E-state index in [9.17, 15) is 22.4 Å². The highest BCUT2D eigenvalue weighted by atomic mass is 32.1. The second-order valence-corrected chi connectivity index (χ2v) is 7.25. The van der Waals surface area contributed by atoms with Gasteiger partial charge in [0.05, 0.1) is 31.9 Å². The zero-order valence-corrected chi connectivity index (χ0v) is 15.3. The summed E-state index contributed by atoms with van der Waals surface area (Å²) in [5, 5.41) is 0.0448. The molecule has 9 heteroatoms. The summed E-state index contributed by atoms with van der Waals surface area (Å²) in [5.41, 5.74) is -0.808. The van der Waals surface area contributed by atoms with Crippen LogP contribution in [0.25, 0.3) is 10.2 Å². The molecule has 0 aliphatic carbocycles. The van der Waals surface area contributed by atoms with Gasteiger partial charge in [-0.15, -0.1) is 0 Å². The molecule has 0 saturated heterocycles. The molecule has 0 fully saturated rings. The van der Waals surface area contributed by atoms with Crippen molar-refractivity contribution in [3.63, 3.8) is 0 Å². The number of benzene rings is 2. The molecule has 4 nitrogen and oxygen atoms in total. The van der Waals surface area contributed by atoms with Gasteiger partial charge in [0.15, 0.2) is 10.9 Å². The number of halogens is 4. The van der Waals surface area contributed by atoms with Gasteiger partial charge in [-0.3, -0.25) is 9.69 Å². The number of rotatable bonds is 5. The van der Waals surface area contributed by atoms with E-state index in [1.54, 1.807) is 0 Å². The topological polar surface area (TPSA) is 37.6 Å². The Morgan fingerprint density at radius 2 is 1.78 bits per heavy atom. The second kappa shape index (κ2) is 7.61. The highest BCUT2D eigenvalue weighted by Gasteiger charge is 2.27. The van der Waals surface area contributed by atoms with E-state index in [1.807, 2.05) is 14.1 Å². The van der Waals surface area contributed by atoms with Crippen LogP contribution in [-0.2, 0) is 0 Å². The fourth-order valence-electron chi connectivity index (χ4n) is 2.52. The Balaban J connectivity index is 2.08. The summed E-state index contributed by atoms with van der Waals surface area (Å²) in [6, 6.07) is 4.92. The third kappa shape index (κ3) is 3.93. The van der Waals surface area contributed by atoms with Gasteiger partial charge in [-0.05, 0) is 18.2 Å². The van der Waals surface area contributed by atoms with Crippen molar-refractivity contribution in [2.45, 2.75) is 0 Å². The van der Waals surface area contributed by atoms with Crippen molar-refractivity contribution in [2.75, 3.05) is 32.1 Å². The normalized spacial score (nSPS) is 11.4. The quantitative estimate of drug-likeness (QED) is 0.671. The number of hydrogen-bond donors (Lipinski definition) is 1. The molecule has 27 heavy (non-hydrogen) atoms. The number of nitrogens with zero attached hydrogens (tertiary/aromatic N) is 2. The monoisotopic (exact) mass is 398 g/mol. The lowest BCUT2D eigenvalue weighted by atomic mass is 10.1. The van der Waals surface area contributed by atoms with Crippen LogP contribution in [0, 0.1) is 23.3 Å². The maximum Gasteiger partial charge on any atom is 0.266 e. The molecule has 3 aromatic rings. The maximum absolute atomic E-state index is 14.1. The molecular formula is C18H16F4N3OS+. The number of anilines is 1. The average Bonchev–Trinajstić information content (AvgIpc) is 2.98. The Kier molecular flexibility index (Phi) is 5.43. The van der Waals surface area contributed by atoms with Gasteiger partial charge >= 0.3 is 0 Å². The molecule has 0 spiro atoms. The van der Waals surface area contributed by atoms with Gasteiger partial charge in [-0.1, -0.05) is 17.4 Å². The number of aromatic nitrogens is 1. The number of hydrogen-bond acceptors (Lipinski definition) is 3. The van der Waals surface area contributed by atoms with Crippen LogP contribution in [0.15, 0.2) is 30.3 Å². The van der Waals surface area contributed by atoms with E-state index in [1.165, 1.54) is 0 Å². The van der Waals surface area contributed by atoms with Crippen molar-refractivity contribution < 1.29 is 27.3 Å². The number of nitrogens with one attached hydrogen (secondary N) is 1. The molecule has 1 aromatic heterocycles. The van der Waals surface area contributed by atoms with Crippen LogP contribution in [0.4, 0.5) is 22.7 Å². The Morgan fingerprint density at radius 3 is 2.41 bits per heavy atom. The van der Waals surface area contributed by atoms with E-state index in [0.717, 1.165) is 45.4 Å². The van der Waals surface area contributed by atoms with E-state index in [-0.39, 0.29) is 21.9 Å². The molecule has 0 unspecified atom stereocenters. The van der Waals surface area contributed by atoms with E-state index in [0.29, 0.717) is 12.6 Å². The van der Waals surface area contributed by atoms with E-state index < -0.39 is 34.7 Å². The van der Waals surface area contributed by atoms with Crippen LogP contribution >= 0.6 is 11.3 Å². The predicted molar refractivity (Wildman–Crippen MR) is 95.2 cm³/mol. The first-order chi connectivity index (χ1) is 12.8. The number of quaternary nitrogens is 1. The van der Waals surface area contributed by atoms with Gasteiger partial charge < -0.3 is 4.90 Å².